The molecule has 0 aliphatic heterocycles. The Morgan fingerprint density at radius 1 is 1.11 bits per heavy atom. The second kappa shape index (κ2) is 7.18. The Kier molecular flexibility index (Phi) is 4.72. The van der Waals surface area contributed by atoms with Crippen LogP contribution in [-0.4, -0.2) is 15.9 Å². The van der Waals surface area contributed by atoms with E-state index in [9.17, 15) is 4.79 Å². The molecular formula is C21H15BrClN3O. The van der Waals surface area contributed by atoms with Crippen molar-refractivity contribution in [1.82, 2.24) is 9.97 Å². The molecule has 2 N–H and O–H groups in total. The van der Waals surface area contributed by atoms with Gasteiger partial charge in [-0.2, -0.15) is 0 Å². The highest BCUT2D eigenvalue weighted by Crippen LogP contribution is 2.26. The van der Waals surface area contributed by atoms with Gasteiger partial charge in [0.25, 0.3) is 5.91 Å². The fourth-order valence-corrected chi connectivity index (χ4v) is 3.38. The Morgan fingerprint density at radius 2 is 1.89 bits per heavy atom. The van der Waals surface area contributed by atoms with Crippen molar-refractivity contribution < 1.29 is 4.79 Å². The summed E-state index contributed by atoms with van der Waals surface area (Å²) in [4.78, 5) is 20.2. The number of hydrogen-bond acceptors (Lipinski definition) is 2. The molecule has 27 heavy (non-hydrogen) atoms. The number of carbonyl (C=O) groups excluding carboxylic acids is 1. The van der Waals surface area contributed by atoms with Crippen LogP contribution in [0.3, 0.4) is 0 Å². The highest BCUT2D eigenvalue weighted by Gasteiger charge is 2.09. The number of halogens is 2. The molecule has 0 saturated carbocycles. The number of fused-ring (bicyclic) bond motifs is 1. The molecule has 4 rings (SSSR count). The van der Waals surface area contributed by atoms with Gasteiger partial charge in [-0.3, -0.25) is 4.79 Å². The molecule has 1 aromatic heterocycles. The Balaban J connectivity index is 1.56. The number of hydrogen-bond donors (Lipinski definition) is 2. The van der Waals surface area contributed by atoms with Crippen LogP contribution in [0.1, 0.15) is 15.9 Å². The number of aromatic amines is 1. The molecule has 0 bridgehead atoms. The van der Waals surface area contributed by atoms with E-state index >= 15 is 0 Å². The number of aryl methyl sites for hydroxylation is 1. The van der Waals surface area contributed by atoms with E-state index in [1.807, 2.05) is 55.5 Å². The SMILES string of the molecule is Cc1cc2[nH]c(-c3ccc(NC(=O)c4cccc(Br)c4)cc3)nc2cc1Cl. The minimum absolute atomic E-state index is 0.155. The van der Waals surface area contributed by atoms with Crippen LogP contribution in [0.4, 0.5) is 5.69 Å². The number of nitrogens with one attached hydrogen (secondary N) is 2. The second-order valence-corrected chi connectivity index (χ2v) is 7.57. The second-order valence-electron chi connectivity index (χ2n) is 6.25. The van der Waals surface area contributed by atoms with Crippen molar-refractivity contribution >= 4 is 50.2 Å². The molecule has 0 saturated heterocycles. The van der Waals surface area contributed by atoms with Crippen molar-refractivity contribution in [3.63, 3.8) is 0 Å². The standard InChI is InChI=1S/C21H15BrClN3O/c1-12-9-18-19(11-17(12)23)26-20(25-18)13-5-7-16(8-6-13)24-21(27)14-3-2-4-15(22)10-14/h2-11H,1H3,(H,24,27)(H,25,26). The van der Waals surface area contributed by atoms with Crippen LogP contribution >= 0.6 is 27.5 Å². The highest BCUT2D eigenvalue weighted by atomic mass is 79.9. The van der Waals surface area contributed by atoms with Gasteiger partial charge in [0.05, 0.1) is 11.0 Å². The fraction of sp³-hybridized carbons (Fsp3) is 0.0476. The molecule has 0 radical (unpaired) electrons. The summed E-state index contributed by atoms with van der Waals surface area (Å²) in [5.74, 6) is 0.606. The lowest BCUT2D eigenvalue weighted by Gasteiger charge is -2.06. The molecule has 6 heteroatoms. The number of amides is 1. The molecule has 4 nitrogen and oxygen atoms in total. The number of H-pyrrole nitrogens is 1. The molecule has 3 aromatic carbocycles. The summed E-state index contributed by atoms with van der Waals surface area (Å²) in [6.07, 6.45) is 0. The average Bonchev–Trinajstić information content (AvgIpc) is 3.05. The third kappa shape index (κ3) is 3.75. The van der Waals surface area contributed by atoms with Gasteiger partial charge in [-0.1, -0.05) is 33.6 Å². The van der Waals surface area contributed by atoms with E-state index in [-0.39, 0.29) is 5.91 Å². The van der Waals surface area contributed by atoms with Gasteiger partial charge < -0.3 is 10.3 Å². The maximum atomic E-state index is 12.3. The molecule has 0 spiro atoms. The van der Waals surface area contributed by atoms with Crippen LogP contribution in [0, 0.1) is 6.92 Å². The van der Waals surface area contributed by atoms with Crippen molar-refractivity contribution in [2.45, 2.75) is 6.92 Å². The molecule has 0 aliphatic rings. The normalized spacial score (nSPS) is 10.9. The molecule has 0 fully saturated rings. The molecule has 0 unspecified atom stereocenters. The Morgan fingerprint density at radius 3 is 2.63 bits per heavy atom. The highest BCUT2D eigenvalue weighted by molar-refractivity contribution is 9.10. The van der Waals surface area contributed by atoms with Crippen LogP contribution in [0.5, 0.6) is 0 Å². The van der Waals surface area contributed by atoms with Gasteiger partial charge in [-0.25, -0.2) is 4.98 Å². The Hall–Kier alpha value is -2.63. The van der Waals surface area contributed by atoms with E-state index in [4.69, 9.17) is 11.6 Å². The zero-order valence-corrected chi connectivity index (χ0v) is 16.7. The maximum Gasteiger partial charge on any atom is 0.255 e. The molecule has 0 aliphatic carbocycles. The molecular weight excluding hydrogens is 426 g/mol. The summed E-state index contributed by atoms with van der Waals surface area (Å²) in [5.41, 5.74) is 5.02. The monoisotopic (exact) mass is 439 g/mol. The Labute approximate surface area is 169 Å². The van der Waals surface area contributed by atoms with Gasteiger partial charge in [-0.05, 0) is 67.1 Å². The number of imidazole rings is 1. The van der Waals surface area contributed by atoms with Crippen molar-refractivity contribution in [3.05, 3.63) is 81.3 Å². The third-order valence-corrected chi connectivity index (χ3v) is 5.17. The minimum atomic E-state index is -0.155. The van der Waals surface area contributed by atoms with E-state index in [0.29, 0.717) is 10.6 Å². The first-order valence-corrected chi connectivity index (χ1v) is 9.50. The van der Waals surface area contributed by atoms with Gasteiger partial charge in [0.1, 0.15) is 5.82 Å². The summed E-state index contributed by atoms with van der Waals surface area (Å²) in [6.45, 7) is 1.96. The summed E-state index contributed by atoms with van der Waals surface area (Å²) >= 11 is 9.55. The summed E-state index contributed by atoms with van der Waals surface area (Å²) < 4.78 is 0.866. The minimum Gasteiger partial charge on any atom is -0.338 e. The van der Waals surface area contributed by atoms with Crippen LogP contribution in [0.15, 0.2) is 65.1 Å². The van der Waals surface area contributed by atoms with Crippen LogP contribution < -0.4 is 5.32 Å². The zero-order valence-electron chi connectivity index (χ0n) is 14.4. The number of nitrogens with zero attached hydrogens (tertiary/aromatic N) is 1. The van der Waals surface area contributed by atoms with Crippen molar-refractivity contribution in [3.8, 4) is 11.4 Å². The third-order valence-electron chi connectivity index (χ3n) is 4.27. The van der Waals surface area contributed by atoms with Gasteiger partial charge >= 0.3 is 0 Å². The quantitative estimate of drug-likeness (QED) is 0.398. The van der Waals surface area contributed by atoms with Gasteiger partial charge in [-0.15, -0.1) is 0 Å². The largest absolute Gasteiger partial charge is 0.338 e. The van der Waals surface area contributed by atoms with Gasteiger partial charge in [0, 0.05) is 26.3 Å². The summed E-state index contributed by atoms with van der Waals surface area (Å²) in [5, 5.41) is 3.60. The number of benzene rings is 3. The fourth-order valence-electron chi connectivity index (χ4n) is 2.82. The number of aromatic nitrogens is 2. The van der Waals surface area contributed by atoms with Crippen molar-refractivity contribution in [1.29, 1.82) is 0 Å². The van der Waals surface area contributed by atoms with Gasteiger partial charge in [0.15, 0.2) is 0 Å². The zero-order chi connectivity index (χ0) is 19.0. The smallest absolute Gasteiger partial charge is 0.255 e. The first-order chi connectivity index (χ1) is 13.0. The van der Waals surface area contributed by atoms with E-state index in [2.05, 4.69) is 31.2 Å². The predicted octanol–water partition coefficient (Wildman–Crippen LogP) is 6.21. The van der Waals surface area contributed by atoms with E-state index < -0.39 is 0 Å². The van der Waals surface area contributed by atoms with Crippen molar-refractivity contribution in [2.24, 2.45) is 0 Å². The lowest BCUT2D eigenvalue weighted by molar-refractivity contribution is 0.102. The first kappa shape index (κ1) is 17.8. The van der Waals surface area contributed by atoms with E-state index in [0.717, 1.165) is 38.1 Å². The van der Waals surface area contributed by atoms with Crippen LogP contribution in [0.25, 0.3) is 22.4 Å². The van der Waals surface area contributed by atoms with Gasteiger partial charge in [0.2, 0.25) is 0 Å². The topological polar surface area (TPSA) is 57.8 Å². The van der Waals surface area contributed by atoms with Crippen molar-refractivity contribution in [2.75, 3.05) is 5.32 Å². The Bertz CT molecular complexity index is 1110. The molecule has 1 heterocycles. The molecule has 4 aromatic rings. The lowest BCUT2D eigenvalue weighted by Crippen LogP contribution is -2.11. The average molecular weight is 441 g/mol. The van der Waals surface area contributed by atoms with Crippen LogP contribution in [-0.2, 0) is 0 Å². The number of rotatable bonds is 3. The van der Waals surface area contributed by atoms with E-state index in [1.165, 1.54) is 0 Å². The molecule has 134 valence electrons. The molecule has 0 atom stereocenters. The van der Waals surface area contributed by atoms with E-state index in [1.54, 1.807) is 12.1 Å². The first-order valence-electron chi connectivity index (χ1n) is 8.33. The number of anilines is 1. The number of carbonyl (C=O) groups is 1. The molecule has 1 amide bonds. The van der Waals surface area contributed by atoms with Crippen LogP contribution in [0.2, 0.25) is 5.02 Å². The lowest BCUT2D eigenvalue weighted by atomic mass is 10.1. The predicted molar refractivity (Wildman–Crippen MR) is 113 cm³/mol. The summed E-state index contributed by atoms with van der Waals surface area (Å²) in [6, 6.07) is 18.7. The summed E-state index contributed by atoms with van der Waals surface area (Å²) in [7, 11) is 0. The maximum absolute atomic E-state index is 12.3.